The molecule has 3 rings (SSSR count). The van der Waals surface area contributed by atoms with Gasteiger partial charge >= 0.3 is 0 Å². The predicted molar refractivity (Wildman–Crippen MR) is 84.2 cm³/mol. The Labute approximate surface area is 138 Å². The topological polar surface area (TPSA) is 59.4 Å². The molecule has 0 atom stereocenters. The third kappa shape index (κ3) is 3.25. The Balaban J connectivity index is 1.98. The van der Waals surface area contributed by atoms with E-state index in [0.29, 0.717) is 13.1 Å². The van der Waals surface area contributed by atoms with Crippen LogP contribution < -0.4 is 5.56 Å². The van der Waals surface area contributed by atoms with Crippen molar-refractivity contribution in [2.24, 2.45) is 0 Å². The molecule has 1 saturated heterocycles. The van der Waals surface area contributed by atoms with Gasteiger partial charge in [0.2, 0.25) is 10.0 Å². The Bertz CT molecular complexity index is 899. The van der Waals surface area contributed by atoms with Gasteiger partial charge < -0.3 is 4.57 Å². The third-order valence-corrected chi connectivity index (χ3v) is 5.85. The van der Waals surface area contributed by atoms with Crippen LogP contribution in [0.5, 0.6) is 0 Å². The first-order valence-electron chi connectivity index (χ1n) is 7.52. The molecule has 0 saturated carbocycles. The highest BCUT2D eigenvalue weighted by Gasteiger charge is 2.29. The number of benzene rings is 1. The van der Waals surface area contributed by atoms with E-state index in [-0.39, 0.29) is 17.0 Å². The summed E-state index contributed by atoms with van der Waals surface area (Å²) in [7, 11) is -3.85. The maximum absolute atomic E-state index is 13.3. The van der Waals surface area contributed by atoms with Crippen molar-refractivity contribution in [2.45, 2.75) is 24.3 Å². The second-order valence-electron chi connectivity index (χ2n) is 5.69. The predicted octanol–water partition coefficient (Wildman–Crippen LogP) is 1.96. The van der Waals surface area contributed by atoms with Crippen molar-refractivity contribution in [3.8, 4) is 0 Å². The smallest absolute Gasteiger partial charge is 0.271 e. The van der Waals surface area contributed by atoms with Crippen molar-refractivity contribution < 1.29 is 17.2 Å². The SMILES string of the molecule is O=c1c(S(=O)(=O)N2CCCC2)cccn1Cc1cc(F)cc(F)c1. The van der Waals surface area contributed by atoms with E-state index >= 15 is 0 Å². The summed E-state index contributed by atoms with van der Waals surface area (Å²) < 4.78 is 54.1. The summed E-state index contributed by atoms with van der Waals surface area (Å²) in [6.45, 7) is 0.675. The molecule has 1 aromatic heterocycles. The lowest BCUT2D eigenvalue weighted by atomic mass is 10.2. The van der Waals surface area contributed by atoms with Gasteiger partial charge in [0.25, 0.3) is 5.56 Å². The van der Waals surface area contributed by atoms with Crippen molar-refractivity contribution in [3.05, 3.63) is 64.1 Å². The minimum atomic E-state index is -3.85. The van der Waals surface area contributed by atoms with Crippen LogP contribution in [0.4, 0.5) is 8.78 Å². The molecule has 2 aromatic rings. The number of rotatable bonds is 4. The van der Waals surface area contributed by atoms with Crippen molar-refractivity contribution in [2.75, 3.05) is 13.1 Å². The molecule has 1 aromatic carbocycles. The molecule has 0 spiro atoms. The lowest BCUT2D eigenvalue weighted by Crippen LogP contribution is -2.34. The first-order chi connectivity index (χ1) is 11.4. The number of nitrogens with zero attached hydrogens (tertiary/aromatic N) is 2. The van der Waals surface area contributed by atoms with Gasteiger partial charge in [-0.25, -0.2) is 17.2 Å². The van der Waals surface area contributed by atoms with E-state index in [1.165, 1.54) is 22.6 Å². The van der Waals surface area contributed by atoms with E-state index in [4.69, 9.17) is 0 Å². The van der Waals surface area contributed by atoms with Crippen molar-refractivity contribution in [3.63, 3.8) is 0 Å². The van der Waals surface area contributed by atoms with E-state index < -0.39 is 27.2 Å². The van der Waals surface area contributed by atoms with E-state index in [0.717, 1.165) is 35.6 Å². The summed E-state index contributed by atoms with van der Waals surface area (Å²) >= 11 is 0. The molecule has 1 fully saturated rings. The molecule has 0 aliphatic carbocycles. The van der Waals surface area contributed by atoms with Crippen molar-refractivity contribution in [1.29, 1.82) is 0 Å². The molecule has 0 N–H and O–H groups in total. The van der Waals surface area contributed by atoms with Gasteiger partial charge in [-0.05, 0) is 42.7 Å². The van der Waals surface area contributed by atoms with Crippen LogP contribution >= 0.6 is 0 Å². The molecule has 1 aliphatic rings. The molecule has 1 aliphatic heterocycles. The average molecular weight is 354 g/mol. The summed E-state index contributed by atoms with van der Waals surface area (Å²) in [6, 6.07) is 5.66. The monoisotopic (exact) mass is 354 g/mol. The zero-order chi connectivity index (χ0) is 17.3. The lowest BCUT2D eigenvalue weighted by Gasteiger charge is -2.16. The van der Waals surface area contributed by atoms with Crippen LogP contribution in [0.15, 0.2) is 46.2 Å². The van der Waals surface area contributed by atoms with Crippen LogP contribution in [0.2, 0.25) is 0 Å². The van der Waals surface area contributed by atoms with Gasteiger partial charge in [0.1, 0.15) is 16.5 Å². The largest absolute Gasteiger partial charge is 0.310 e. The summed E-state index contributed by atoms with van der Waals surface area (Å²) in [4.78, 5) is 12.2. The van der Waals surface area contributed by atoms with Crippen LogP contribution in [0, 0.1) is 11.6 Å². The zero-order valence-corrected chi connectivity index (χ0v) is 13.6. The second kappa shape index (κ2) is 6.45. The summed E-state index contributed by atoms with van der Waals surface area (Å²) in [5, 5.41) is 0. The van der Waals surface area contributed by atoms with Gasteiger partial charge in [-0.15, -0.1) is 0 Å². The fourth-order valence-corrected chi connectivity index (χ4v) is 4.41. The first kappa shape index (κ1) is 16.8. The Kier molecular flexibility index (Phi) is 4.51. The average Bonchev–Trinajstić information content (AvgIpc) is 3.03. The Morgan fingerprint density at radius 2 is 1.67 bits per heavy atom. The summed E-state index contributed by atoms with van der Waals surface area (Å²) in [5.41, 5.74) is -0.459. The van der Waals surface area contributed by atoms with Crippen LogP contribution in [0.3, 0.4) is 0 Å². The minimum absolute atomic E-state index is 0.114. The van der Waals surface area contributed by atoms with E-state index in [2.05, 4.69) is 0 Å². The minimum Gasteiger partial charge on any atom is -0.310 e. The van der Waals surface area contributed by atoms with Gasteiger partial charge in [-0.3, -0.25) is 4.79 Å². The van der Waals surface area contributed by atoms with E-state index in [1.54, 1.807) is 0 Å². The number of hydrogen-bond donors (Lipinski definition) is 0. The first-order valence-corrected chi connectivity index (χ1v) is 8.96. The maximum atomic E-state index is 13.3. The highest BCUT2D eigenvalue weighted by Crippen LogP contribution is 2.18. The molecular weight excluding hydrogens is 338 g/mol. The molecule has 128 valence electrons. The molecule has 0 bridgehead atoms. The molecule has 0 radical (unpaired) electrons. The highest BCUT2D eigenvalue weighted by molar-refractivity contribution is 7.89. The van der Waals surface area contributed by atoms with Crippen LogP contribution in [0.25, 0.3) is 0 Å². The quantitative estimate of drug-likeness (QED) is 0.843. The third-order valence-electron chi connectivity index (χ3n) is 3.94. The van der Waals surface area contributed by atoms with Crippen LogP contribution in [-0.4, -0.2) is 30.4 Å². The van der Waals surface area contributed by atoms with Gasteiger partial charge in [-0.2, -0.15) is 4.31 Å². The van der Waals surface area contributed by atoms with Gasteiger partial charge in [0, 0.05) is 25.4 Å². The van der Waals surface area contributed by atoms with Crippen molar-refractivity contribution in [1.82, 2.24) is 8.87 Å². The summed E-state index contributed by atoms with van der Waals surface area (Å²) in [6.07, 6.45) is 2.93. The number of pyridine rings is 1. The number of aromatic nitrogens is 1. The Morgan fingerprint density at radius 1 is 1.04 bits per heavy atom. The molecule has 0 unspecified atom stereocenters. The van der Waals surface area contributed by atoms with Gasteiger partial charge in [0.05, 0.1) is 6.54 Å². The second-order valence-corrected chi connectivity index (χ2v) is 7.60. The normalized spacial score (nSPS) is 15.8. The van der Waals surface area contributed by atoms with Crippen LogP contribution in [0.1, 0.15) is 18.4 Å². The van der Waals surface area contributed by atoms with Gasteiger partial charge in [0.15, 0.2) is 0 Å². The van der Waals surface area contributed by atoms with Crippen LogP contribution in [-0.2, 0) is 16.6 Å². The number of hydrogen-bond acceptors (Lipinski definition) is 3. The Hall–Kier alpha value is -2.06. The van der Waals surface area contributed by atoms with Gasteiger partial charge in [-0.1, -0.05) is 0 Å². The summed E-state index contributed by atoms with van der Waals surface area (Å²) in [5.74, 6) is -1.50. The van der Waals surface area contributed by atoms with E-state index in [9.17, 15) is 22.0 Å². The molecule has 2 heterocycles. The molecule has 8 heteroatoms. The Morgan fingerprint density at radius 3 is 2.29 bits per heavy atom. The standard InChI is InChI=1S/C16H16F2N2O3S/c17-13-8-12(9-14(18)10-13)11-19-5-3-4-15(16(19)21)24(22,23)20-6-1-2-7-20/h3-5,8-10H,1-2,6-7,11H2. The molecule has 0 amide bonds. The number of halogens is 2. The maximum Gasteiger partial charge on any atom is 0.271 e. The number of sulfonamides is 1. The lowest BCUT2D eigenvalue weighted by molar-refractivity contribution is 0.475. The molecule has 24 heavy (non-hydrogen) atoms. The van der Waals surface area contributed by atoms with Crippen molar-refractivity contribution >= 4 is 10.0 Å². The highest BCUT2D eigenvalue weighted by atomic mass is 32.2. The molecule has 5 nitrogen and oxygen atoms in total. The fraction of sp³-hybridized carbons (Fsp3) is 0.312. The molecular formula is C16H16F2N2O3S. The zero-order valence-electron chi connectivity index (χ0n) is 12.8. The fourth-order valence-electron chi connectivity index (χ4n) is 2.80. The van der Waals surface area contributed by atoms with E-state index in [1.807, 2.05) is 0 Å².